The quantitative estimate of drug-likeness (QED) is 0.497. The molecule has 0 bridgehead atoms. The second-order valence-electron chi connectivity index (χ2n) is 6.78. The Morgan fingerprint density at radius 2 is 2.20 bits per heavy atom. The van der Waals surface area contributed by atoms with E-state index in [4.69, 9.17) is 11.6 Å². The Morgan fingerprint density at radius 3 is 2.96 bits per heavy atom. The summed E-state index contributed by atoms with van der Waals surface area (Å²) in [4.78, 5) is 4.23. The van der Waals surface area contributed by atoms with Crippen molar-refractivity contribution in [2.45, 2.75) is 61.3 Å². The molecule has 2 unspecified atom stereocenters. The number of imidazole rings is 1. The highest BCUT2D eigenvalue weighted by atomic mass is 35.5. The van der Waals surface area contributed by atoms with Crippen LogP contribution >= 0.6 is 35.1 Å². The fraction of sp³-hybridized carbons (Fsp3) is 0.550. The van der Waals surface area contributed by atoms with Crippen LogP contribution in [0.4, 0.5) is 0 Å². The van der Waals surface area contributed by atoms with Crippen LogP contribution in [-0.4, -0.2) is 24.6 Å². The molecule has 0 radical (unpaired) electrons. The number of rotatable bonds is 9. The summed E-state index contributed by atoms with van der Waals surface area (Å²) in [6.45, 7) is 3.34. The zero-order chi connectivity index (χ0) is 17.5. The van der Waals surface area contributed by atoms with Crippen LogP contribution in [0.25, 0.3) is 0 Å². The highest BCUT2D eigenvalue weighted by molar-refractivity contribution is 8.21. The first-order valence-electron chi connectivity index (χ1n) is 9.22. The van der Waals surface area contributed by atoms with Crippen molar-refractivity contribution in [2.75, 3.05) is 5.75 Å². The summed E-state index contributed by atoms with van der Waals surface area (Å²) in [6.07, 6.45) is 13.4. The van der Waals surface area contributed by atoms with Gasteiger partial charge < -0.3 is 4.57 Å². The third-order valence-corrected chi connectivity index (χ3v) is 8.89. The fourth-order valence-electron chi connectivity index (χ4n) is 3.39. The Bertz CT molecular complexity index is 647. The zero-order valence-electron chi connectivity index (χ0n) is 14.9. The van der Waals surface area contributed by atoms with E-state index in [1.807, 2.05) is 24.7 Å². The lowest BCUT2D eigenvalue weighted by atomic mass is 10.1. The molecule has 1 aliphatic heterocycles. The van der Waals surface area contributed by atoms with Gasteiger partial charge in [-0.25, -0.2) is 4.98 Å². The topological polar surface area (TPSA) is 17.8 Å². The van der Waals surface area contributed by atoms with Gasteiger partial charge in [-0.15, -0.1) is 23.5 Å². The van der Waals surface area contributed by atoms with Crippen molar-refractivity contribution < 1.29 is 0 Å². The van der Waals surface area contributed by atoms with Crippen LogP contribution in [0.1, 0.15) is 44.6 Å². The Hall–Kier alpha value is -0.580. The normalized spacial score (nSPS) is 23.2. The lowest BCUT2D eigenvalue weighted by Crippen LogP contribution is -2.25. The first-order valence-corrected chi connectivity index (χ1v) is 11.5. The van der Waals surface area contributed by atoms with Crippen LogP contribution in [0.2, 0.25) is 5.02 Å². The van der Waals surface area contributed by atoms with Gasteiger partial charge in [-0.05, 0) is 37.3 Å². The average Bonchev–Trinajstić information content (AvgIpc) is 3.26. The molecule has 0 N–H and O–H groups in total. The molecule has 1 aromatic carbocycles. The molecule has 1 fully saturated rings. The molecule has 1 aromatic heterocycles. The summed E-state index contributed by atoms with van der Waals surface area (Å²) < 4.78 is 2.53. The van der Waals surface area contributed by atoms with Crippen molar-refractivity contribution in [2.24, 2.45) is 0 Å². The van der Waals surface area contributed by atoms with Gasteiger partial charge in [0.15, 0.2) is 0 Å². The molecule has 5 heteroatoms. The van der Waals surface area contributed by atoms with Crippen molar-refractivity contribution in [3.63, 3.8) is 0 Å². The van der Waals surface area contributed by atoms with Crippen LogP contribution in [0.5, 0.6) is 0 Å². The minimum absolute atomic E-state index is 0.278. The van der Waals surface area contributed by atoms with Crippen molar-refractivity contribution in [3.05, 3.63) is 53.6 Å². The van der Waals surface area contributed by atoms with E-state index in [9.17, 15) is 0 Å². The molecule has 2 aromatic rings. The number of nitrogens with zero attached hydrogens (tertiary/aromatic N) is 2. The maximum Gasteiger partial charge on any atom is 0.0946 e. The van der Waals surface area contributed by atoms with Gasteiger partial charge in [-0.1, -0.05) is 49.6 Å². The predicted molar refractivity (Wildman–Crippen MR) is 113 cm³/mol. The first-order chi connectivity index (χ1) is 12.2. The van der Waals surface area contributed by atoms with E-state index in [0.29, 0.717) is 0 Å². The number of hydrogen-bond donors (Lipinski definition) is 0. The molecule has 25 heavy (non-hydrogen) atoms. The smallest absolute Gasteiger partial charge is 0.0946 e. The Balaban J connectivity index is 1.62. The van der Waals surface area contributed by atoms with Gasteiger partial charge in [0.2, 0.25) is 0 Å². The predicted octanol–water partition coefficient (Wildman–Crippen LogP) is 6.29. The molecule has 2 atom stereocenters. The number of thioether (sulfide) groups is 2. The number of unbranched alkanes of at least 4 members (excludes halogenated alkanes) is 1. The fourth-order valence-corrected chi connectivity index (χ4v) is 7.55. The van der Waals surface area contributed by atoms with E-state index in [0.717, 1.165) is 23.2 Å². The molecule has 2 heterocycles. The second-order valence-corrected chi connectivity index (χ2v) is 10.5. The number of aryl methyl sites for hydroxylation is 1. The van der Waals surface area contributed by atoms with Crippen LogP contribution in [0, 0.1) is 0 Å². The molecular weight excluding hydrogens is 368 g/mol. The summed E-state index contributed by atoms with van der Waals surface area (Å²) in [5, 5.41) is 1.70. The molecule has 0 amide bonds. The van der Waals surface area contributed by atoms with Crippen LogP contribution in [-0.2, 0) is 13.0 Å². The molecule has 3 rings (SSSR count). The highest BCUT2D eigenvalue weighted by Gasteiger charge is 2.40. The summed E-state index contributed by atoms with van der Waals surface area (Å²) in [5.41, 5.74) is 1.28. The van der Waals surface area contributed by atoms with Crippen molar-refractivity contribution in [3.8, 4) is 0 Å². The third kappa shape index (κ3) is 5.45. The van der Waals surface area contributed by atoms with Gasteiger partial charge in [-0.2, -0.15) is 0 Å². The molecular formula is C20H27ClN2S2. The Kier molecular flexibility index (Phi) is 7.20. The summed E-state index contributed by atoms with van der Waals surface area (Å²) in [6, 6.07) is 8.25. The van der Waals surface area contributed by atoms with Crippen molar-refractivity contribution in [1.82, 2.24) is 9.55 Å². The van der Waals surface area contributed by atoms with Gasteiger partial charge in [0.1, 0.15) is 0 Å². The largest absolute Gasteiger partial charge is 0.335 e. The molecule has 0 saturated carbocycles. The number of halogens is 1. The molecule has 136 valence electrons. The minimum Gasteiger partial charge on any atom is -0.335 e. The lowest BCUT2D eigenvalue weighted by Gasteiger charge is -2.28. The molecule has 2 nitrogen and oxygen atoms in total. The van der Waals surface area contributed by atoms with E-state index >= 15 is 0 Å². The third-order valence-electron chi connectivity index (χ3n) is 4.74. The molecule has 1 saturated heterocycles. The van der Waals surface area contributed by atoms with Crippen molar-refractivity contribution >= 4 is 35.1 Å². The second kappa shape index (κ2) is 9.38. The monoisotopic (exact) mass is 394 g/mol. The average molecular weight is 395 g/mol. The van der Waals surface area contributed by atoms with E-state index in [1.165, 1.54) is 43.4 Å². The van der Waals surface area contributed by atoms with Gasteiger partial charge in [-0.3, -0.25) is 0 Å². The molecule has 0 aliphatic carbocycles. The van der Waals surface area contributed by atoms with Crippen LogP contribution in [0.15, 0.2) is 43.0 Å². The number of benzene rings is 1. The minimum atomic E-state index is 0.278. The number of hydrogen-bond acceptors (Lipinski definition) is 3. The van der Waals surface area contributed by atoms with Crippen molar-refractivity contribution in [1.29, 1.82) is 0 Å². The maximum absolute atomic E-state index is 6.33. The van der Waals surface area contributed by atoms with E-state index in [2.05, 4.69) is 58.3 Å². The van der Waals surface area contributed by atoms with Crippen LogP contribution in [0.3, 0.4) is 0 Å². The van der Waals surface area contributed by atoms with E-state index < -0.39 is 0 Å². The standard InChI is InChI=1S/C20H27ClN2S2/c1-2-3-9-18-14-24-20(25-18,15-23-13-12-22-16-23)11-6-8-17-7-4-5-10-19(17)21/h4-5,7,10,12-13,16,18H,2-3,6,8-9,11,14-15H2,1H3. The van der Waals surface area contributed by atoms with E-state index in [1.54, 1.807) is 0 Å². The Labute approximate surface area is 165 Å². The molecule has 1 aliphatic rings. The first kappa shape index (κ1) is 19.2. The SMILES string of the molecule is CCCCC1CSC(CCCc2ccccc2Cl)(Cn2ccnc2)S1. The number of aromatic nitrogens is 2. The van der Waals surface area contributed by atoms with Gasteiger partial charge in [0.25, 0.3) is 0 Å². The molecule has 0 spiro atoms. The van der Waals surface area contributed by atoms with Crippen LogP contribution < -0.4 is 0 Å². The van der Waals surface area contributed by atoms with Gasteiger partial charge in [0.05, 0.1) is 10.4 Å². The lowest BCUT2D eigenvalue weighted by molar-refractivity contribution is 0.571. The summed E-state index contributed by atoms with van der Waals surface area (Å²) >= 11 is 10.7. The van der Waals surface area contributed by atoms with Gasteiger partial charge in [0, 0.05) is 35.0 Å². The zero-order valence-corrected chi connectivity index (χ0v) is 17.3. The van der Waals surface area contributed by atoms with E-state index in [-0.39, 0.29) is 4.08 Å². The highest BCUT2D eigenvalue weighted by Crippen LogP contribution is 2.53. The van der Waals surface area contributed by atoms with Gasteiger partial charge >= 0.3 is 0 Å². The summed E-state index contributed by atoms with van der Waals surface area (Å²) in [5.74, 6) is 1.28. The Morgan fingerprint density at radius 1 is 1.32 bits per heavy atom. The summed E-state index contributed by atoms with van der Waals surface area (Å²) in [7, 11) is 0. The maximum atomic E-state index is 6.33.